The predicted molar refractivity (Wildman–Crippen MR) is 85.7 cm³/mol. The lowest BCUT2D eigenvalue weighted by molar-refractivity contribution is 0.0753. The number of para-hydroxylation sites is 2. The van der Waals surface area contributed by atoms with Gasteiger partial charge in [0, 0.05) is 13.6 Å². The van der Waals surface area contributed by atoms with E-state index >= 15 is 0 Å². The van der Waals surface area contributed by atoms with E-state index in [-0.39, 0.29) is 12.5 Å². The Balaban J connectivity index is 1.59. The molecule has 122 valence electrons. The van der Waals surface area contributed by atoms with Crippen molar-refractivity contribution in [2.75, 3.05) is 20.7 Å². The second-order valence-electron chi connectivity index (χ2n) is 5.83. The summed E-state index contributed by atoms with van der Waals surface area (Å²) in [6.45, 7) is 1.05. The highest BCUT2D eigenvalue weighted by atomic mass is 16.5. The van der Waals surface area contributed by atoms with Crippen LogP contribution in [0.4, 0.5) is 0 Å². The SMILES string of the molecule is COc1ccccc1OCc1ccc(C(=O)N(C)CC2CC2)o1. The van der Waals surface area contributed by atoms with Gasteiger partial charge in [0.25, 0.3) is 5.91 Å². The molecule has 5 nitrogen and oxygen atoms in total. The average Bonchev–Trinajstić information content (AvgIpc) is 3.26. The average molecular weight is 315 g/mol. The van der Waals surface area contributed by atoms with Crippen LogP contribution < -0.4 is 9.47 Å². The maximum absolute atomic E-state index is 12.3. The Morgan fingerprint density at radius 3 is 2.65 bits per heavy atom. The van der Waals surface area contributed by atoms with Crippen LogP contribution in [-0.2, 0) is 6.61 Å². The van der Waals surface area contributed by atoms with Gasteiger partial charge in [-0.3, -0.25) is 4.79 Å². The van der Waals surface area contributed by atoms with Gasteiger partial charge in [0.1, 0.15) is 12.4 Å². The first-order valence-corrected chi connectivity index (χ1v) is 7.77. The van der Waals surface area contributed by atoms with Crippen molar-refractivity contribution in [3.05, 3.63) is 47.9 Å². The van der Waals surface area contributed by atoms with E-state index in [9.17, 15) is 4.79 Å². The topological polar surface area (TPSA) is 51.9 Å². The number of amides is 1. The zero-order valence-corrected chi connectivity index (χ0v) is 13.5. The fraction of sp³-hybridized carbons (Fsp3) is 0.389. The van der Waals surface area contributed by atoms with Crippen molar-refractivity contribution in [2.24, 2.45) is 5.92 Å². The van der Waals surface area contributed by atoms with E-state index < -0.39 is 0 Å². The maximum atomic E-state index is 12.3. The smallest absolute Gasteiger partial charge is 0.289 e. The minimum absolute atomic E-state index is 0.0829. The summed E-state index contributed by atoms with van der Waals surface area (Å²) >= 11 is 0. The van der Waals surface area contributed by atoms with Gasteiger partial charge in [-0.1, -0.05) is 12.1 Å². The lowest BCUT2D eigenvalue weighted by Gasteiger charge is -2.14. The molecule has 5 heteroatoms. The Hall–Kier alpha value is -2.43. The third-order valence-electron chi connectivity index (χ3n) is 3.89. The molecule has 1 fully saturated rings. The van der Waals surface area contributed by atoms with Gasteiger partial charge in [0.05, 0.1) is 7.11 Å². The summed E-state index contributed by atoms with van der Waals surface area (Å²) in [5.74, 6) is 2.85. The fourth-order valence-corrected chi connectivity index (χ4v) is 2.42. The lowest BCUT2D eigenvalue weighted by atomic mass is 10.3. The normalized spacial score (nSPS) is 13.7. The standard InChI is InChI=1S/C18H21NO4/c1-19(11-13-7-8-13)18(20)17-10-9-14(23-17)12-22-16-6-4-3-5-15(16)21-2/h3-6,9-10,13H,7-8,11-12H2,1-2H3. The molecule has 1 aromatic heterocycles. The summed E-state index contributed by atoms with van der Waals surface area (Å²) in [5, 5.41) is 0. The van der Waals surface area contributed by atoms with Crippen molar-refractivity contribution in [1.29, 1.82) is 0 Å². The van der Waals surface area contributed by atoms with Crippen LogP contribution in [0.25, 0.3) is 0 Å². The van der Waals surface area contributed by atoms with E-state index in [0.29, 0.717) is 28.9 Å². The zero-order valence-electron chi connectivity index (χ0n) is 13.5. The van der Waals surface area contributed by atoms with Gasteiger partial charge < -0.3 is 18.8 Å². The lowest BCUT2D eigenvalue weighted by Crippen LogP contribution is -2.28. The maximum Gasteiger partial charge on any atom is 0.289 e. The van der Waals surface area contributed by atoms with Crippen molar-refractivity contribution in [3.8, 4) is 11.5 Å². The molecule has 0 unspecified atom stereocenters. The van der Waals surface area contributed by atoms with Gasteiger partial charge in [0.2, 0.25) is 0 Å². The van der Waals surface area contributed by atoms with Crippen LogP contribution in [0.1, 0.15) is 29.2 Å². The Labute approximate surface area is 135 Å². The summed E-state index contributed by atoms with van der Waals surface area (Å²) in [5.41, 5.74) is 0. The minimum Gasteiger partial charge on any atom is -0.493 e. The van der Waals surface area contributed by atoms with Crippen LogP contribution in [0, 0.1) is 5.92 Å². The molecule has 23 heavy (non-hydrogen) atoms. The third-order valence-corrected chi connectivity index (χ3v) is 3.89. The van der Waals surface area contributed by atoms with E-state index in [4.69, 9.17) is 13.9 Å². The van der Waals surface area contributed by atoms with Gasteiger partial charge in [0.15, 0.2) is 17.3 Å². The first kappa shape index (κ1) is 15.5. The summed E-state index contributed by atoms with van der Waals surface area (Å²) in [7, 11) is 3.41. The molecule has 1 amide bonds. The number of furan rings is 1. The quantitative estimate of drug-likeness (QED) is 0.786. The molecule has 0 N–H and O–H groups in total. The van der Waals surface area contributed by atoms with E-state index in [1.54, 1.807) is 24.1 Å². The van der Waals surface area contributed by atoms with Crippen LogP contribution in [0.15, 0.2) is 40.8 Å². The van der Waals surface area contributed by atoms with E-state index in [1.165, 1.54) is 12.8 Å². The van der Waals surface area contributed by atoms with Crippen LogP contribution >= 0.6 is 0 Å². The number of carbonyl (C=O) groups excluding carboxylic acids is 1. The van der Waals surface area contributed by atoms with Crippen molar-refractivity contribution in [1.82, 2.24) is 4.90 Å². The van der Waals surface area contributed by atoms with Crippen LogP contribution in [0.3, 0.4) is 0 Å². The molecule has 1 aromatic carbocycles. The highest BCUT2D eigenvalue weighted by molar-refractivity contribution is 5.91. The zero-order chi connectivity index (χ0) is 16.2. The molecule has 0 spiro atoms. The molecule has 0 radical (unpaired) electrons. The number of ether oxygens (including phenoxy) is 2. The summed E-state index contributed by atoms with van der Waals surface area (Å²) in [6.07, 6.45) is 2.43. The third kappa shape index (κ3) is 3.86. The van der Waals surface area contributed by atoms with Crippen molar-refractivity contribution in [2.45, 2.75) is 19.4 Å². The molecule has 0 atom stereocenters. The van der Waals surface area contributed by atoms with Crippen LogP contribution in [0.5, 0.6) is 11.5 Å². The fourth-order valence-electron chi connectivity index (χ4n) is 2.42. The molecule has 1 saturated carbocycles. The van der Waals surface area contributed by atoms with Crippen molar-refractivity contribution in [3.63, 3.8) is 0 Å². The first-order valence-electron chi connectivity index (χ1n) is 7.77. The summed E-state index contributed by atoms with van der Waals surface area (Å²) < 4.78 is 16.5. The van der Waals surface area contributed by atoms with Crippen molar-refractivity contribution >= 4 is 5.91 Å². The van der Waals surface area contributed by atoms with E-state index in [1.807, 2.05) is 31.3 Å². The van der Waals surface area contributed by atoms with Gasteiger partial charge >= 0.3 is 0 Å². The van der Waals surface area contributed by atoms with Gasteiger partial charge in [-0.25, -0.2) is 0 Å². The predicted octanol–water partition coefficient (Wildman–Crippen LogP) is 3.35. The first-order chi connectivity index (χ1) is 11.2. The molecule has 0 saturated heterocycles. The Morgan fingerprint density at radius 1 is 1.22 bits per heavy atom. The second kappa shape index (κ2) is 6.77. The van der Waals surface area contributed by atoms with Gasteiger partial charge in [-0.05, 0) is 43.0 Å². The number of benzene rings is 1. The summed E-state index contributed by atoms with van der Waals surface area (Å²) in [4.78, 5) is 14.0. The van der Waals surface area contributed by atoms with Gasteiger partial charge in [-0.2, -0.15) is 0 Å². The molecular weight excluding hydrogens is 294 g/mol. The molecular formula is C18H21NO4. The highest BCUT2D eigenvalue weighted by Crippen LogP contribution is 2.30. The Bertz CT molecular complexity index is 675. The number of carbonyl (C=O) groups is 1. The van der Waals surface area contributed by atoms with Crippen LogP contribution in [-0.4, -0.2) is 31.5 Å². The second-order valence-corrected chi connectivity index (χ2v) is 5.83. The Morgan fingerprint density at radius 2 is 1.96 bits per heavy atom. The van der Waals surface area contributed by atoms with Gasteiger partial charge in [-0.15, -0.1) is 0 Å². The number of rotatable bonds is 7. The molecule has 1 aliphatic carbocycles. The van der Waals surface area contributed by atoms with E-state index in [2.05, 4.69) is 0 Å². The molecule has 1 heterocycles. The monoisotopic (exact) mass is 315 g/mol. The molecule has 0 bridgehead atoms. The molecule has 2 aromatic rings. The van der Waals surface area contributed by atoms with Crippen molar-refractivity contribution < 1.29 is 18.7 Å². The number of hydrogen-bond acceptors (Lipinski definition) is 4. The highest BCUT2D eigenvalue weighted by Gasteiger charge is 2.26. The molecule has 1 aliphatic rings. The minimum atomic E-state index is -0.0829. The largest absolute Gasteiger partial charge is 0.493 e. The number of methoxy groups -OCH3 is 1. The summed E-state index contributed by atoms with van der Waals surface area (Å²) in [6, 6.07) is 10.9. The van der Waals surface area contributed by atoms with E-state index in [0.717, 1.165) is 6.54 Å². The Kier molecular flexibility index (Phi) is 4.55. The number of nitrogens with zero attached hydrogens (tertiary/aromatic N) is 1. The molecule has 0 aliphatic heterocycles. The number of hydrogen-bond donors (Lipinski definition) is 0. The van der Waals surface area contributed by atoms with Crippen LogP contribution in [0.2, 0.25) is 0 Å². The molecule has 3 rings (SSSR count).